The first-order valence-electron chi connectivity index (χ1n) is 9.34. The van der Waals surface area contributed by atoms with Gasteiger partial charge in [0.15, 0.2) is 6.29 Å². The van der Waals surface area contributed by atoms with Crippen LogP contribution in [0.3, 0.4) is 0 Å². The molecule has 0 aliphatic carbocycles. The highest BCUT2D eigenvalue weighted by molar-refractivity contribution is 6.04. The molecule has 0 aliphatic heterocycles. The summed E-state index contributed by atoms with van der Waals surface area (Å²) in [5.74, 6) is -7.80. The number of hydrogen-bond acceptors (Lipinski definition) is 8. The van der Waals surface area contributed by atoms with Gasteiger partial charge in [0.2, 0.25) is 0 Å². The Kier molecular flexibility index (Phi) is 9.91. The third-order valence-electron chi connectivity index (χ3n) is 4.30. The van der Waals surface area contributed by atoms with Crippen LogP contribution < -0.4 is 10.6 Å². The summed E-state index contributed by atoms with van der Waals surface area (Å²) in [6.07, 6.45) is -4.04. The molecule has 1 aromatic rings. The molecule has 14 heteroatoms. The largest absolute Gasteiger partial charge is 0.481 e. The molecule has 14 nitrogen and oxygen atoms in total. The molecule has 0 unspecified atom stereocenters. The standard InChI is InChI=1S/C19H22N2O12/c22-13(23)3-1-11(18(30)31)20-15(26)8-5-9(7-10(6-8)17(28)29)16(27)21-12(19(32)33)2-4-14(24)25/h5-7,11-12,18,30-31H,1-4H2,(H,20,26)(H,21,27)(H,22,23)(H,24,25)(H,28,29)(H,32,33)/t11-,12-/m0/s1. The zero-order valence-electron chi connectivity index (χ0n) is 16.9. The zero-order valence-corrected chi connectivity index (χ0v) is 16.9. The lowest BCUT2D eigenvalue weighted by molar-refractivity contribution is -0.141. The fraction of sp³-hybridized carbons (Fsp3) is 0.368. The number of nitrogens with one attached hydrogen (secondary N) is 2. The number of rotatable bonds is 13. The van der Waals surface area contributed by atoms with E-state index in [0.717, 1.165) is 18.2 Å². The SMILES string of the molecule is O=C(O)CC[C@H](NC(=O)c1cc(C(=O)O)cc(C(=O)N[C@@H](CCC(=O)O)C(O)O)c1)C(=O)O. The van der Waals surface area contributed by atoms with Crippen LogP contribution in [0.15, 0.2) is 18.2 Å². The predicted octanol–water partition coefficient (Wildman–Crippen LogP) is -1.29. The molecule has 0 saturated heterocycles. The van der Waals surface area contributed by atoms with Crippen molar-refractivity contribution >= 4 is 35.7 Å². The van der Waals surface area contributed by atoms with Crippen molar-refractivity contribution in [3.8, 4) is 0 Å². The third kappa shape index (κ3) is 8.92. The van der Waals surface area contributed by atoms with Crippen molar-refractivity contribution in [1.29, 1.82) is 0 Å². The summed E-state index contributed by atoms with van der Waals surface area (Å²) in [5, 5.41) is 58.7. The van der Waals surface area contributed by atoms with Gasteiger partial charge in [0, 0.05) is 24.0 Å². The van der Waals surface area contributed by atoms with Crippen LogP contribution in [0, 0.1) is 0 Å². The van der Waals surface area contributed by atoms with Crippen LogP contribution in [0.2, 0.25) is 0 Å². The number of aliphatic hydroxyl groups is 2. The van der Waals surface area contributed by atoms with Gasteiger partial charge >= 0.3 is 23.9 Å². The Morgan fingerprint density at radius 1 is 0.697 bits per heavy atom. The van der Waals surface area contributed by atoms with Crippen LogP contribution in [0.1, 0.15) is 56.8 Å². The minimum Gasteiger partial charge on any atom is -0.481 e. The number of hydrogen-bond donors (Lipinski definition) is 8. The van der Waals surface area contributed by atoms with Crippen molar-refractivity contribution in [1.82, 2.24) is 10.6 Å². The number of aliphatic carboxylic acids is 3. The first-order chi connectivity index (χ1) is 15.3. The number of benzene rings is 1. The summed E-state index contributed by atoms with van der Waals surface area (Å²) >= 11 is 0. The van der Waals surface area contributed by atoms with E-state index >= 15 is 0 Å². The Balaban J connectivity index is 3.17. The molecule has 0 radical (unpaired) electrons. The fourth-order valence-corrected chi connectivity index (χ4v) is 2.61. The van der Waals surface area contributed by atoms with Gasteiger partial charge in [0.25, 0.3) is 11.8 Å². The molecule has 0 aromatic heterocycles. The maximum absolute atomic E-state index is 12.5. The molecule has 1 rings (SSSR count). The van der Waals surface area contributed by atoms with E-state index in [1.54, 1.807) is 0 Å². The molecule has 0 aliphatic rings. The van der Waals surface area contributed by atoms with E-state index in [2.05, 4.69) is 5.32 Å². The van der Waals surface area contributed by atoms with Crippen molar-refractivity contribution in [2.45, 2.75) is 44.1 Å². The molecule has 0 bridgehead atoms. The fourth-order valence-electron chi connectivity index (χ4n) is 2.61. The summed E-state index contributed by atoms with van der Waals surface area (Å²) in [4.78, 5) is 69.0. The highest BCUT2D eigenvalue weighted by Crippen LogP contribution is 2.13. The molecule has 8 N–H and O–H groups in total. The number of carbonyl (C=O) groups excluding carboxylic acids is 2. The molecule has 0 fully saturated rings. The minimum absolute atomic E-state index is 0.366. The van der Waals surface area contributed by atoms with Crippen molar-refractivity contribution in [2.75, 3.05) is 0 Å². The van der Waals surface area contributed by atoms with Crippen LogP contribution in [0.4, 0.5) is 0 Å². The second kappa shape index (κ2) is 12.1. The van der Waals surface area contributed by atoms with Gasteiger partial charge in [0.1, 0.15) is 6.04 Å². The Morgan fingerprint density at radius 2 is 1.15 bits per heavy atom. The van der Waals surface area contributed by atoms with Crippen LogP contribution in [0.25, 0.3) is 0 Å². The lowest BCUT2D eigenvalue weighted by Crippen LogP contribution is -2.44. The van der Waals surface area contributed by atoms with Gasteiger partial charge in [-0.25, -0.2) is 9.59 Å². The molecule has 180 valence electrons. The number of carboxylic acid groups (broad SMARTS) is 4. The summed E-state index contributed by atoms with van der Waals surface area (Å²) in [6.45, 7) is 0. The van der Waals surface area contributed by atoms with E-state index in [0.29, 0.717) is 0 Å². The molecule has 0 spiro atoms. The highest BCUT2D eigenvalue weighted by atomic mass is 16.5. The van der Waals surface area contributed by atoms with Crippen molar-refractivity contribution in [3.05, 3.63) is 34.9 Å². The monoisotopic (exact) mass is 470 g/mol. The van der Waals surface area contributed by atoms with Gasteiger partial charge < -0.3 is 41.3 Å². The number of carbonyl (C=O) groups is 6. The Bertz CT molecular complexity index is 943. The van der Waals surface area contributed by atoms with Crippen LogP contribution in [0.5, 0.6) is 0 Å². The van der Waals surface area contributed by atoms with Crippen LogP contribution in [-0.2, 0) is 14.4 Å². The van der Waals surface area contributed by atoms with Crippen molar-refractivity contribution in [2.24, 2.45) is 0 Å². The lowest BCUT2D eigenvalue weighted by atomic mass is 10.0. The number of amides is 2. The summed E-state index contributed by atoms with van der Waals surface area (Å²) in [5.41, 5.74) is -1.39. The quantitative estimate of drug-likeness (QED) is 0.157. The number of carboxylic acids is 4. The summed E-state index contributed by atoms with van der Waals surface area (Å²) in [7, 11) is 0. The van der Waals surface area contributed by atoms with E-state index in [9.17, 15) is 44.1 Å². The highest BCUT2D eigenvalue weighted by Gasteiger charge is 2.25. The van der Waals surface area contributed by atoms with Crippen LogP contribution >= 0.6 is 0 Å². The van der Waals surface area contributed by atoms with E-state index in [-0.39, 0.29) is 6.42 Å². The molecule has 0 heterocycles. The minimum atomic E-state index is -2.13. The van der Waals surface area contributed by atoms with Crippen molar-refractivity contribution in [3.63, 3.8) is 0 Å². The van der Waals surface area contributed by atoms with E-state index < -0.39 is 90.0 Å². The Labute approximate surface area is 185 Å². The molecule has 0 saturated carbocycles. The Morgan fingerprint density at radius 3 is 1.58 bits per heavy atom. The van der Waals surface area contributed by atoms with Gasteiger partial charge in [-0.15, -0.1) is 0 Å². The van der Waals surface area contributed by atoms with E-state index in [1.165, 1.54) is 0 Å². The maximum Gasteiger partial charge on any atom is 0.335 e. The average Bonchev–Trinajstić information content (AvgIpc) is 2.72. The molecule has 2 atom stereocenters. The third-order valence-corrected chi connectivity index (χ3v) is 4.30. The topological polar surface area (TPSA) is 248 Å². The van der Waals surface area contributed by atoms with Gasteiger partial charge in [-0.3, -0.25) is 19.2 Å². The molecular weight excluding hydrogens is 448 g/mol. The van der Waals surface area contributed by atoms with Gasteiger partial charge in [-0.05, 0) is 31.0 Å². The first-order valence-corrected chi connectivity index (χ1v) is 9.34. The molecular formula is C19H22N2O12. The van der Waals surface area contributed by atoms with Crippen LogP contribution in [-0.4, -0.2) is 84.7 Å². The maximum atomic E-state index is 12.5. The number of aromatic carboxylic acids is 1. The number of aliphatic hydroxyl groups excluding tert-OH is 1. The molecule has 2 amide bonds. The second-order valence-electron chi connectivity index (χ2n) is 6.83. The smallest absolute Gasteiger partial charge is 0.335 e. The van der Waals surface area contributed by atoms with Gasteiger partial charge in [-0.2, -0.15) is 0 Å². The zero-order chi connectivity index (χ0) is 25.3. The van der Waals surface area contributed by atoms with Gasteiger partial charge in [0.05, 0.1) is 11.6 Å². The molecule has 33 heavy (non-hydrogen) atoms. The lowest BCUT2D eigenvalue weighted by Gasteiger charge is -2.20. The van der Waals surface area contributed by atoms with Gasteiger partial charge in [-0.1, -0.05) is 0 Å². The first kappa shape index (κ1) is 27.0. The second-order valence-corrected chi connectivity index (χ2v) is 6.83. The van der Waals surface area contributed by atoms with E-state index in [1.807, 2.05) is 5.32 Å². The predicted molar refractivity (Wildman–Crippen MR) is 106 cm³/mol. The Hall–Kier alpha value is -4.04. The average molecular weight is 470 g/mol. The summed E-state index contributed by atoms with van der Waals surface area (Å²) in [6, 6.07) is -0.402. The molecule has 1 aromatic carbocycles. The van der Waals surface area contributed by atoms with Crippen molar-refractivity contribution < 1.29 is 59.4 Å². The normalized spacial score (nSPS) is 12.5. The van der Waals surface area contributed by atoms with E-state index in [4.69, 9.17) is 15.3 Å². The summed E-state index contributed by atoms with van der Waals surface area (Å²) < 4.78 is 0.